The third-order valence-corrected chi connectivity index (χ3v) is 8.95. The Bertz CT molecular complexity index is 1510. The number of hydrogen-bond donors (Lipinski definition) is 1. The standard InChI is InChI=1S/C32H34N2O4S/c1-33(2)39(36)26-12-15-30-29(21-26)28-13-8-23-20-24(35)9-14-27(23)31(28)32(38-30)22-6-10-25(11-7-22)37-19-18-34-16-4-3-5-17-34/h6-15,20-21,32,35H,3-5,16-19H2,1-2H3. The first-order chi connectivity index (χ1) is 19.0. The van der Waals surface area contributed by atoms with Crippen LogP contribution in [0.4, 0.5) is 0 Å². The molecule has 39 heavy (non-hydrogen) atoms. The molecule has 1 fully saturated rings. The van der Waals surface area contributed by atoms with E-state index in [9.17, 15) is 9.32 Å². The molecule has 0 aliphatic carbocycles. The van der Waals surface area contributed by atoms with Crippen LogP contribution in [0.15, 0.2) is 77.7 Å². The van der Waals surface area contributed by atoms with Gasteiger partial charge in [0, 0.05) is 17.7 Å². The zero-order valence-corrected chi connectivity index (χ0v) is 23.2. The van der Waals surface area contributed by atoms with Gasteiger partial charge in [0.05, 0.1) is 4.90 Å². The molecule has 0 amide bonds. The van der Waals surface area contributed by atoms with Crippen LogP contribution in [0.5, 0.6) is 17.2 Å². The molecule has 1 N–H and O–H groups in total. The van der Waals surface area contributed by atoms with Crippen LogP contribution in [0.2, 0.25) is 0 Å². The Balaban J connectivity index is 1.33. The minimum Gasteiger partial charge on any atom is -0.508 e. The molecule has 2 aliphatic rings. The van der Waals surface area contributed by atoms with Crippen molar-refractivity contribution in [2.45, 2.75) is 30.3 Å². The fourth-order valence-electron chi connectivity index (χ4n) is 5.64. The van der Waals surface area contributed by atoms with Gasteiger partial charge in [-0.05, 0) is 104 Å². The van der Waals surface area contributed by atoms with Crippen molar-refractivity contribution in [3.05, 3.63) is 83.9 Å². The third kappa shape index (κ3) is 5.26. The number of piperidine rings is 1. The van der Waals surface area contributed by atoms with Gasteiger partial charge in [-0.25, -0.2) is 8.51 Å². The maximum atomic E-state index is 12.8. The molecule has 7 heteroatoms. The van der Waals surface area contributed by atoms with Gasteiger partial charge in [-0.15, -0.1) is 0 Å². The second-order valence-corrected chi connectivity index (χ2v) is 12.2. The van der Waals surface area contributed by atoms with Gasteiger partial charge < -0.3 is 14.6 Å². The molecule has 2 aliphatic heterocycles. The van der Waals surface area contributed by atoms with Crippen molar-refractivity contribution in [3.8, 4) is 28.4 Å². The number of phenols is 1. The maximum absolute atomic E-state index is 12.8. The molecule has 4 aromatic carbocycles. The second-order valence-electron chi connectivity index (χ2n) is 10.5. The molecule has 1 saturated heterocycles. The van der Waals surface area contributed by atoms with Crippen molar-refractivity contribution < 1.29 is 18.8 Å². The zero-order chi connectivity index (χ0) is 26.9. The molecule has 202 valence electrons. The van der Waals surface area contributed by atoms with Crippen LogP contribution in [0, 0.1) is 0 Å². The van der Waals surface area contributed by atoms with Crippen LogP contribution in [-0.2, 0) is 11.0 Å². The van der Waals surface area contributed by atoms with Crippen LogP contribution in [-0.4, -0.2) is 58.9 Å². The number of phenolic OH excluding ortho intramolecular Hbond substituents is 1. The minimum atomic E-state index is -1.26. The number of fused-ring (bicyclic) bond motifs is 5. The van der Waals surface area contributed by atoms with Crippen molar-refractivity contribution in [2.75, 3.05) is 40.3 Å². The monoisotopic (exact) mass is 542 g/mol. The van der Waals surface area contributed by atoms with Crippen molar-refractivity contribution >= 4 is 21.8 Å². The fraction of sp³-hybridized carbons (Fsp3) is 0.312. The van der Waals surface area contributed by atoms with E-state index in [0.717, 1.165) is 56.0 Å². The van der Waals surface area contributed by atoms with Crippen molar-refractivity contribution in [1.29, 1.82) is 0 Å². The maximum Gasteiger partial charge on any atom is 0.150 e. The number of likely N-dealkylation sites (tertiary alicyclic amines) is 1. The molecular weight excluding hydrogens is 508 g/mol. The van der Waals surface area contributed by atoms with Crippen LogP contribution in [0.25, 0.3) is 21.9 Å². The second kappa shape index (κ2) is 11.0. The van der Waals surface area contributed by atoms with E-state index in [0.29, 0.717) is 6.61 Å². The van der Waals surface area contributed by atoms with Gasteiger partial charge in [-0.1, -0.05) is 36.8 Å². The van der Waals surface area contributed by atoms with Crippen LogP contribution >= 0.6 is 0 Å². The first-order valence-electron chi connectivity index (χ1n) is 13.6. The number of aromatic hydroxyl groups is 1. The number of benzene rings is 4. The van der Waals surface area contributed by atoms with E-state index in [1.54, 1.807) is 30.5 Å². The fourth-order valence-corrected chi connectivity index (χ4v) is 6.46. The average Bonchev–Trinajstić information content (AvgIpc) is 2.96. The number of rotatable bonds is 7. The lowest BCUT2D eigenvalue weighted by molar-refractivity contribution is 0.183. The van der Waals surface area contributed by atoms with Gasteiger partial charge in [0.25, 0.3) is 0 Å². The van der Waals surface area contributed by atoms with E-state index in [1.165, 1.54) is 32.4 Å². The summed E-state index contributed by atoms with van der Waals surface area (Å²) < 4.78 is 27.2. The summed E-state index contributed by atoms with van der Waals surface area (Å²) in [5, 5.41) is 12.1. The van der Waals surface area contributed by atoms with Gasteiger partial charge in [-0.3, -0.25) is 4.90 Å². The Morgan fingerprint density at radius 2 is 1.74 bits per heavy atom. The number of ether oxygens (including phenoxy) is 2. The van der Waals surface area contributed by atoms with E-state index in [-0.39, 0.29) is 11.9 Å². The van der Waals surface area contributed by atoms with Crippen molar-refractivity contribution in [3.63, 3.8) is 0 Å². The SMILES string of the molecule is CN(C)S(=O)c1ccc2c(c1)-c1ccc3cc(O)ccc3c1C(c1ccc(OCCN3CCCCC3)cc1)O2. The normalized spacial score (nSPS) is 17.9. The molecule has 6 rings (SSSR count). The lowest BCUT2D eigenvalue weighted by Gasteiger charge is -2.31. The molecule has 0 radical (unpaired) electrons. The first kappa shape index (κ1) is 25.9. The molecule has 6 nitrogen and oxygen atoms in total. The molecule has 4 aromatic rings. The zero-order valence-electron chi connectivity index (χ0n) is 22.4. The van der Waals surface area contributed by atoms with Crippen LogP contribution < -0.4 is 9.47 Å². The average molecular weight is 543 g/mol. The van der Waals surface area contributed by atoms with Crippen LogP contribution in [0.3, 0.4) is 0 Å². The Labute approximate surface area is 232 Å². The Hall–Kier alpha value is -3.39. The summed E-state index contributed by atoms with van der Waals surface area (Å²) >= 11 is 0. The lowest BCUT2D eigenvalue weighted by atomic mass is 9.86. The van der Waals surface area contributed by atoms with Gasteiger partial charge in [0.15, 0.2) is 6.10 Å². The smallest absolute Gasteiger partial charge is 0.150 e. The molecule has 2 atom stereocenters. The van der Waals surface area contributed by atoms with E-state index >= 15 is 0 Å². The minimum absolute atomic E-state index is 0.228. The van der Waals surface area contributed by atoms with E-state index in [4.69, 9.17) is 9.47 Å². The van der Waals surface area contributed by atoms with Crippen molar-refractivity contribution in [1.82, 2.24) is 9.21 Å². The van der Waals surface area contributed by atoms with Crippen LogP contribution in [0.1, 0.15) is 36.5 Å². The Morgan fingerprint density at radius 3 is 2.51 bits per heavy atom. The Morgan fingerprint density at radius 1 is 0.949 bits per heavy atom. The van der Waals surface area contributed by atoms with Gasteiger partial charge in [-0.2, -0.15) is 0 Å². The van der Waals surface area contributed by atoms with E-state index < -0.39 is 11.0 Å². The predicted molar refractivity (Wildman–Crippen MR) is 156 cm³/mol. The summed E-state index contributed by atoms with van der Waals surface area (Å²) in [6, 6.07) is 23.5. The molecule has 0 saturated carbocycles. The van der Waals surface area contributed by atoms with Crippen molar-refractivity contribution in [2.24, 2.45) is 0 Å². The highest BCUT2D eigenvalue weighted by molar-refractivity contribution is 7.82. The summed E-state index contributed by atoms with van der Waals surface area (Å²) in [7, 11) is 2.34. The largest absolute Gasteiger partial charge is 0.508 e. The summed E-state index contributed by atoms with van der Waals surface area (Å²) in [6.07, 6.45) is 3.56. The Kier molecular flexibility index (Phi) is 7.30. The highest BCUT2D eigenvalue weighted by Gasteiger charge is 2.30. The van der Waals surface area contributed by atoms with Gasteiger partial charge in [0.1, 0.15) is 34.8 Å². The highest BCUT2D eigenvalue weighted by atomic mass is 32.2. The van der Waals surface area contributed by atoms with E-state index in [2.05, 4.69) is 23.1 Å². The molecule has 0 aromatic heterocycles. The summed E-state index contributed by atoms with van der Waals surface area (Å²) in [5.74, 6) is 1.84. The summed E-state index contributed by atoms with van der Waals surface area (Å²) in [6.45, 7) is 3.97. The molecular formula is C32H34N2O4S. The topological polar surface area (TPSA) is 62.2 Å². The predicted octanol–water partition coefficient (Wildman–Crippen LogP) is 6.14. The molecule has 0 bridgehead atoms. The van der Waals surface area contributed by atoms with E-state index in [1.807, 2.05) is 42.5 Å². The summed E-state index contributed by atoms with van der Waals surface area (Å²) in [4.78, 5) is 3.20. The lowest BCUT2D eigenvalue weighted by Crippen LogP contribution is -2.33. The first-order valence-corrected chi connectivity index (χ1v) is 14.7. The highest BCUT2D eigenvalue weighted by Crippen LogP contribution is 2.48. The number of hydrogen-bond acceptors (Lipinski definition) is 5. The van der Waals surface area contributed by atoms with Gasteiger partial charge >= 0.3 is 0 Å². The third-order valence-electron chi connectivity index (χ3n) is 7.63. The molecule has 2 heterocycles. The molecule has 2 unspecified atom stereocenters. The number of nitrogens with zero attached hydrogens (tertiary/aromatic N) is 2. The molecule has 0 spiro atoms. The summed E-state index contributed by atoms with van der Waals surface area (Å²) in [5.41, 5.74) is 4.01. The quantitative estimate of drug-likeness (QED) is 0.304. The van der Waals surface area contributed by atoms with Gasteiger partial charge in [0.2, 0.25) is 0 Å².